The molecule has 0 radical (unpaired) electrons. The van der Waals surface area contributed by atoms with E-state index in [-0.39, 0.29) is 29.0 Å². The number of hydrogen-bond acceptors (Lipinski definition) is 3. The number of aromatic amines is 1. The lowest BCUT2D eigenvalue weighted by molar-refractivity contribution is 0.0946. The first-order chi connectivity index (χ1) is 13.6. The highest BCUT2D eigenvalue weighted by Crippen LogP contribution is 2.33. The van der Waals surface area contributed by atoms with Gasteiger partial charge in [-0.15, -0.1) is 0 Å². The Labute approximate surface area is 161 Å². The van der Waals surface area contributed by atoms with E-state index in [1.165, 1.54) is 18.2 Å². The highest BCUT2D eigenvalue weighted by atomic mass is 19.1. The number of fused-ring (bicyclic) bond motifs is 1. The Bertz CT molecular complexity index is 1000. The van der Waals surface area contributed by atoms with E-state index in [2.05, 4.69) is 15.6 Å². The van der Waals surface area contributed by atoms with Crippen molar-refractivity contribution in [3.8, 4) is 11.1 Å². The maximum Gasteiger partial charge on any atom is 0.268 e. The molecule has 0 aliphatic carbocycles. The molecule has 5 N–H and O–H groups in total. The summed E-state index contributed by atoms with van der Waals surface area (Å²) in [6.45, 7) is 1.92. The fourth-order valence-electron chi connectivity index (χ4n) is 3.81. The molecule has 1 aliphatic rings. The number of halogens is 2. The predicted octanol–water partition coefficient (Wildman–Crippen LogP) is 2.78. The van der Waals surface area contributed by atoms with Crippen molar-refractivity contribution < 1.29 is 13.6 Å². The maximum absolute atomic E-state index is 14.3. The lowest BCUT2D eigenvalue weighted by atomic mass is 10.0. The summed E-state index contributed by atoms with van der Waals surface area (Å²) < 4.78 is 27.6. The van der Waals surface area contributed by atoms with Crippen molar-refractivity contribution in [3.05, 3.63) is 59.8 Å². The Hall–Kier alpha value is -2.77. The highest BCUT2D eigenvalue weighted by molar-refractivity contribution is 6.09. The summed E-state index contributed by atoms with van der Waals surface area (Å²) in [5.41, 5.74) is 7.43. The minimum Gasteiger partial charge on any atom is -0.349 e. The van der Waals surface area contributed by atoms with Crippen LogP contribution in [-0.2, 0) is 0 Å². The molecule has 0 saturated carbocycles. The summed E-state index contributed by atoms with van der Waals surface area (Å²) in [4.78, 5) is 15.8. The number of carbonyl (C=O) groups is 1. The SMILES string of the molecule is NC[C@@H]1CN[C@H](CNC(=O)c2[nH]c3c(F)cccc3c2-c2ccc(F)cc2)C1. The molecule has 2 atom stereocenters. The van der Waals surface area contributed by atoms with Crippen LogP contribution in [0, 0.1) is 17.6 Å². The number of aromatic nitrogens is 1. The fraction of sp³-hybridized carbons (Fsp3) is 0.286. The number of hydrogen-bond donors (Lipinski definition) is 4. The van der Waals surface area contributed by atoms with Crippen LogP contribution in [0.25, 0.3) is 22.0 Å². The molecule has 5 nitrogen and oxygen atoms in total. The number of rotatable bonds is 5. The third kappa shape index (κ3) is 3.50. The first kappa shape index (κ1) is 18.6. The normalized spacial score (nSPS) is 19.2. The van der Waals surface area contributed by atoms with E-state index in [9.17, 15) is 13.6 Å². The molecule has 0 spiro atoms. The summed E-state index contributed by atoms with van der Waals surface area (Å²) in [5, 5.41) is 6.85. The Morgan fingerprint density at radius 2 is 1.96 bits per heavy atom. The van der Waals surface area contributed by atoms with Gasteiger partial charge in [-0.3, -0.25) is 4.79 Å². The lowest BCUT2D eigenvalue weighted by Gasteiger charge is -2.12. The molecule has 1 aliphatic heterocycles. The Balaban J connectivity index is 1.66. The number of para-hydroxylation sites is 1. The third-order valence-corrected chi connectivity index (χ3v) is 5.30. The Morgan fingerprint density at radius 3 is 2.68 bits per heavy atom. The van der Waals surface area contributed by atoms with Crippen molar-refractivity contribution in [3.63, 3.8) is 0 Å². The monoisotopic (exact) mass is 384 g/mol. The second kappa shape index (κ2) is 7.69. The van der Waals surface area contributed by atoms with E-state index < -0.39 is 5.82 Å². The van der Waals surface area contributed by atoms with Crippen LogP contribution >= 0.6 is 0 Å². The van der Waals surface area contributed by atoms with Gasteiger partial charge in [-0.25, -0.2) is 8.78 Å². The maximum atomic E-state index is 14.3. The zero-order valence-electron chi connectivity index (χ0n) is 15.3. The van der Waals surface area contributed by atoms with E-state index in [0.717, 1.165) is 13.0 Å². The molecule has 28 heavy (non-hydrogen) atoms. The van der Waals surface area contributed by atoms with E-state index in [1.807, 2.05) is 0 Å². The van der Waals surface area contributed by atoms with Crippen LogP contribution < -0.4 is 16.4 Å². The molecular formula is C21H22F2N4O. The summed E-state index contributed by atoms with van der Waals surface area (Å²) >= 11 is 0. The first-order valence-electron chi connectivity index (χ1n) is 9.34. The van der Waals surface area contributed by atoms with Crippen molar-refractivity contribution in [1.29, 1.82) is 0 Å². The average Bonchev–Trinajstić information content (AvgIpc) is 3.32. The van der Waals surface area contributed by atoms with Gasteiger partial charge in [0.1, 0.15) is 17.3 Å². The Morgan fingerprint density at radius 1 is 1.18 bits per heavy atom. The number of nitrogens with one attached hydrogen (secondary N) is 3. The molecule has 1 fully saturated rings. The van der Waals surface area contributed by atoms with E-state index in [0.29, 0.717) is 35.5 Å². The van der Waals surface area contributed by atoms with Crippen molar-refractivity contribution >= 4 is 16.8 Å². The van der Waals surface area contributed by atoms with Gasteiger partial charge in [0.15, 0.2) is 0 Å². The Kier molecular flexibility index (Phi) is 5.11. The second-order valence-corrected chi connectivity index (χ2v) is 7.20. The molecule has 7 heteroatoms. The van der Waals surface area contributed by atoms with Gasteiger partial charge in [0.25, 0.3) is 5.91 Å². The summed E-state index contributed by atoms with van der Waals surface area (Å²) in [6.07, 6.45) is 0.906. The van der Waals surface area contributed by atoms with Crippen LogP contribution in [0.4, 0.5) is 8.78 Å². The molecule has 1 aromatic heterocycles. The van der Waals surface area contributed by atoms with Crippen molar-refractivity contribution in [1.82, 2.24) is 15.6 Å². The topological polar surface area (TPSA) is 82.9 Å². The van der Waals surface area contributed by atoms with Gasteiger partial charge in [-0.05, 0) is 49.2 Å². The zero-order valence-corrected chi connectivity index (χ0v) is 15.3. The highest BCUT2D eigenvalue weighted by Gasteiger charge is 2.25. The van der Waals surface area contributed by atoms with Gasteiger partial charge < -0.3 is 21.4 Å². The van der Waals surface area contributed by atoms with Gasteiger partial charge in [0, 0.05) is 23.5 Å². The molecule has 1 amide bonds. The molecule has 2 heterocycles. The summed E-state index contributed by atoms with van der Waals surface area (Å²) in [7, 11) is 0. The van der Waals surface area contributed by atoms with Gasteiger partial charge >= 0.3 is 0 Å². The van der Waals surface area contributed by atoms with Gasteiger partial charge in [0.05, 0.1) is 5.52 Å². The quantitative estimate of drug-likeness (QED) is 0.546. The van der Waals surface area contributed by atoms with E-state index in [1.54, 1.807) is 24.3 Å². The van der Waals surface area contributed by atoms with Crippen LogP contribution in [0.2, 0.25) is 0 Å². The molecule has 0 unspecified atom stereocenters. The van der Waals surface area contributed by atoms with Crippen molar-refractivity contribution in [2.45, 2.75) is 12.5 Å². The van der Waals surface area contributed by atoms with Crippen LogP contribution in [0.3, 0.4) is 0 Å². The molecule has 4 rings (SSSR count). The van der Waals surface area contributed by atoms with Crippen LogP contribution in [0.15, 0.2) is 42.5 Å². The van der Waals surface area contributed by atoms with Crippen LogP contribution in [0.5, 0.6) is 0 Å². The predicted molar refractivity (Wildman–Crippen MR) is 105 cm³/mol. The smallest absolute Gasteiger partial charge is 0.268 e. The second-order valence-electron chi connectivity index (χ2n) is 7.20. The molecule has 1 saturated heterocycles. The minimum absolute atomic E-state index is 0.160. The zero-order chi connectivity index (χ0) is 19.7. The number of amides is 1. The lowest BCUT2D eigenvalue weighted by Crippen LogP contribution is -2.37. The number of H-pyrrole nitrogens is 1. The largest absolute Gasteiger partial charge is 0.349 e. The number of carbonyl (C=O) groups excluding carboxylic acids is 1. The van der Waals surface area contributed by atoms with Crippen molar-refractivity contribution in [2.75, 3.05) is 19.6 Å². The van der Waals surface area contributed by atoms with Crippen LogP contribution in [0.1, 0.15) is 16.9 Å². The fourth-order valence-corrected chi connectivity index (χ4v) is 3.81. The molecule has 0 bridgehead atoms. The van der Waals surface area contributed by atoms with E-state index in [4.69, 9.17) is 5.73 Å². The standard InChI is InChI=1S/C21H22F2N4O/c22-14-6-4-13(5-7-14)18-16-2-1-3-17(23)19(16)27-20(18)21(28)26-11-15-8-12(9-24)10-25-15/h1-7,12,15,25,27H,8-11,24H2,(H,26,28)/t12-,15+/m1/s1. The summed E-state index contributed by atoms with van der Waals surface area (Å²) in [5.74, 6) is -0.725. The van der Waals surface area contributed by atoms with Gasteiger partial charge in [-0.1, -0.05) is 24.3 Å². The number of benzene rings is 2. The van der Waals surface area contributed by atoms with Gasteiger partial charge in [0.2, 0.25) is 0 Å². The van der Waals surface area contributed by atoms with Crippen molar-refractivity contribution in [2.24, 2.45) is 11.7 Å². The average molecular weight is 384 g/mol. The molecule has 146 valence electrons. The molecule has 2 aromatic carbocycles. The first-order valence-corrected chi connectivity index (χ1v) is 9.34. The summed E-state index contributed by atoms with van der Waals surface area (Å²) in [6, 6.07) is 10.7. The van der Waals surface area contributed by atoms with Gasteiger partial charge in [-0.2, -0.15) is 0 Å². The molecule has 3 aromatic rings. The minimum atomic E-state index is -0.442. The number of nitrogens with two attached hydrogens (primary N) is 1. The van der Waals surface area contributed by atoms with Crippen LogP contribution in [-0.4, -0.2) is 36.6 Å². The van der Waals surface area contributed by atoms with E-state index >= 15 is 0 Å². The molecular weight excluding hydrogens is 362 g/mol. The third-order valence-electron chi connectivity index (χ3n) is 5.30.